The van der Waals surface area contributed by atoms with E-state index in [1.54, 1.807) is 6.20 Å². The zero-order valence-corrected chi connectivity index (χ0v) is 22.2. The van der Waals surface area contributed by atoms with Crippen molar-refractivity contribution >= 4 is 28.2 Å². The fraction of sp³-hybridized carbons (Fsp3) is 0.419. The highest BCUT2D eigenvalue weighted by atomic mass is 19.4. The first-order valence-corrected chi connectivity index (χ1v) is 13.4. The van der Waals surface area contributed by atoms with Crippen molar-refractivity contribution in [1.82, 2.24) is 9.47 Å². The van der Waals surface area contributed by atoms with E-state index >= 15 is 0 Å². The molecular weight excluding hydrogens is 505 g/mol. The molecule has 2 heterocycles. The van der Waals surface area contributed by atoms with Crippen molar-refractivity contribution < 1.29 is 27.5 Å². The Labute approximate surface area is 226 Å². The number of esters is 1. The van der Waals surface area contributed by atoms with E-state index in [2.05, 4.69) is 6.08 Å². The summed E-state index contributed by atoms with van der Waals surface area (Å²) in [7, 11) is 3.16. The van der Waals surface area contributed by atoms with E-state index in [9.17, 15) is 22.8 Å². The maximum Gasteiger partial charge on any atom is 0.401 e. The number of ether oxygens (including phenoxy) is 1. The number of methoxy groups -OCH3 is 1. The maximum atomic E-state index is 14.2. The summed E-state index contributed by atoms with van der Waals surface area (Å²) in [6.45, 7) is -0.126. The van der Waals surface area contributed by atoms with Gasteiger partial charge < -0.3 is 9.30 Å². The van der Waals surface area contributed by atoms with Crippen LogP contribution >= 0.6 is 0 Å². The number of aromatic nitrogens is 1. The van der Waals surface area contributed by atoms with Crippen LogP contribution in [0.3, 0.4) is 0 Å². The average molecular weight is 539 g/mol. The number of allylic oxidation sites excluding steroid dienone is 1. The predicted octanol–water partition coefficient (Wildman–Crippen LogP) is 6.07. The molecule has 1 aliphatic heterocycles. The first-order valence-electron chi connectivity index (χ1n) is 13.4. The Hall–Kier alpha value is -3.39. The summed E-state index contributed by atoms with van der Waals surface area (Å²) in [6.07, 6.45) is 2.46. The van der Waals surface area contributed by atoms with Crippen molar-refractivity contribution in [2.24, 2.45) is 24.8 Å². The van der Waals surface area contributed by atoms with Crippen LogP contribution in [0.2, 0.25) is 0 Å². The molecule has 0 spiro atoms. The smallest absolute Gasteiger partial charge is 0.401 e. The molecule has 1 aliphatic carbocycles. The van der Waals surface area contributed by atoms with Gasteiger partial charge in [-0.25, -0.2) is 0 Å². The number of para-hydroxylation sites is 1. The molecule has 0 N–H and O–H groups in total. The number of piperidine rings is 1. The fourth-order valence-electron chi connectivity index (χ4n) is 6.35. The summed E-state index contributed by atoms with van der Waals surface area (Å²) in [4.78, 5) is 29.0. The lowest BCUT2D eigenvalue weighted by molar-refractivity contribution is -0.149. The van der Waals surface area contributed by atoms with Gasteiger partial charge in [0.05, 0.1) is 13.7 Å². The van der Waals surface area contributed by atoms with E-state index in [1.807, 2.05) is 60.1 Å². The van der Waals surface area contributed by atoms with Gasteiger partial charge in [-0.15, -0.1) is 0 Å². The number of nitrogens with zero attached hydrogens (tertiary/aromatic N) is 2. The Morgan fingerprint density at radius 1 is 1.03 bits per heavy atom. The molecule has 2 aromatic carbocycles. The number of rotatable bonds is 6. The van der Waals surface area contributed by atoms with Gasteiger partial charge in [0.1, 0.15) is 5.92 Å². The quantitative estimate of drug-likeness (QED) is 0.217. The highest BCUT2D eigenvalue weighted by Gasteiger charge is 2.39. The standard InChI is InChI=1S/C31H33F3N2O3/c1-35-18-26(24-9-5-6-10-27(24)35)29(37)28(30(38)39-2)25-17-22(12-11-21-7-3-4-8-23(21)25)20-13-15-36(16-14-20)19-31(32,33)34/h3-10,17-18,20,22,28H,11-16,19H2,1-2H3. The van der Waals surface area contributed by atoms with Gasteiger partial charge in [0, 0.05) is 29.7 Å². The Bertz CT molecular complexity index is 1400. The van der Waals surface area contributed by atoms with Gasteiger partial charge in [-0.3, -0.25) is 14.5 Å². The van der Waals surface area contributed by atoms with E-state index in [1.165, 1.54) is 12.0 Å². The second-order valence-electron chi connectivity index (χ2n) is 10.7. The highest BCUT2D eigenvalue weighted by molar-refractivity contribution is 6.21. The minimum atomic E-state index is -4.21. The van der Waals surface area contributed by atoms with Gasteiger partial charge in [0.15, 0.2) is 5.78 Å². The first kappa shape index (κ1) is 27.2. The Balaban J connectivity index is 1.53. The van der Waals surface area contributed by atoms with E-state index in [-0.39, 0.29) is 17.6 Å². The number of likely N-dealkylation sites (tertiary alicyclic amines) is 1. The van der Waals surface area contributed by atoms with Gasteiger partial charge in [-0.05, 0) is 73.4 Å². The third-order valence-electron chi connectivity index (χ3n) is 8.28. The number of carbonyl (C=O) groups excluding carboxylic acids is 2. The third kappa shape index (κ3) is 5.66. The lowest BCUT2D eigenvalue weighted by atomic mass is 9.79. The topological polar surface area (TPSA) is 51.5 Å². The molecule has 2 atom stereocenters. The fourth-order valence-corrected chi connectivity index (χ4v) is 6.35. The summed E-state index contributed by atoms with van der Waals surface area (Å²) in [5.74, 6) is -1.87. The van der Waals surface area contributed by atoms with Crippen molar-refractivity contribution in [1.29, 1.82) is 0 Å². The normalized spacial score (nSPS) is 19.7. The zero-order valence-electron chi connectivity index (χ0n) is 22.2. The van der Waals surface area contributed by atoms with Crippen molar-refractivity contribution in [3.63, 3.8) is 0 Å². The molecule has 39 heavy (non-hydrogen) atoms. The number of hydrogen-bond acceptors (Lipinski definition) is 4. The summed E-state index contributed by atoms with van der Waals surface area (Å²) >= 11 is 0. The molecule has 1 aromatic heterocycles. The predicted molar refractivity (Wildman–Crippen MR) is 144 cm³/mol. The zero-order chi connectivity index (χ0) is 27.7. The summed E-state index contributed by atoms with van der Waals surface area (Å²) < 4.78 is 45.9. The van der Waals surface area contributed by atoms with Crippen LogP contribution in [0.5, 0.6) is 0 Å². The first-order chi connectivity index (χ1) is 18.7. The lowest BCUT2D eigenvalue weighted by Gasteiger charge is -2.35. The number of halogens is 3. The average Bonchev–Trinajstić information content (AvgIpc) is 3.14. The van der Waals surface area contributed by atoms with Crippen molar-refractivity contribution in [3.05, 3.63) is 77.5 Å². The molecular formula is C31H33F3N2O3. The number of ketones is 1. The number of benzene rings is 2. The number of Topliss-reactive ketones (excluding diaryl/α,β-unsaturated/α-hetero) is 1. The van der Waals surface area contributed by atoms with E-state index < -0.39 is 24.6 Å². The minimum absolute atomic E-state index is 0.0351. The molecule has 0 amide bonds. The van der Waals surface area contributed by atoms with Crippen LogP contribution in [-0.4, -0.2) is 54.1 Å². The largest absolute Gasteiger partial charge is 0.468 e. The van der Waals surface area contributed by atoms with Gasteiger partial charge in [0.2, 0.25) is 0 Å². The van der Waals surface area contributed by atoms with Crippen molar-refractivity contribution in [3.8, 4) is 0 Å². The van der Waals surface area contributed by atoms with Gasteiger partial charge in [-0.2, -0.15) is 13.2 Å². The Kier molecular flexibility index (Phi) is 7.67. The maximum absolute atomic E-state index is 14.2. The molecule has 2 aliphatic rings. The summed E-state index contributed by atoms with van der Waals surface area (Å²) in [6, 6.07) is 15.4. The van der Waals surface area contributed by atoms with Crippen LogP contribution in [0.15, 0.2) is 60.8 Å². The molecule has 5 nitrogen and oxygen atoms in total. The van der Waals surface area contributed by atoms with Crippen molar-refractivity contribution in [2.75, 3.05) is 26.7 Å². The number of hydrogen-bond donors (Lipinski definition) is 0. The summed E-state index contributed by atoms with van der Waals surface area (Å²) in [5, 5.41) is 0.773. The van der Waals surface area contributed by atoms with E-state index in [0.717, 1.165) is 34.9 Å². The Morgan fingerprint density at radius 3 is 2.44 bits per heavy atom. The van der Waals surface area contributed by atoms with Crippen LogP contribution in [0.4, 0.5) is 13.2 Å². The van der Waals surface area contributed by atoms with E-state index in [4.69, 9.17) is 4.74 Å². The van der Waals surface area contributed by atoms with Gasteiger partial charge in [-0.1, -0.05) is 48.5 Å². The van der Waals surface area contributed by atoms with E-state index in [0.29, 0.717) is 37.1 Å². The molecule has 3 aromatic rings. The molecule has 206 valence electrons. The Morgan fingerprint density at radius 2 is 1.72 bits per heavy atom. The van der Waals surface area contributed by atoms with Gasteiger partial charge in [0.25, 0.3) is 0 Å². The molecule has 5 rings (SSSR count). The number of aryl methyl sites for hydroxylation is 2. The summed E-state index contributed by atoms with van der Waals surface area (Å²) in [5.41, 5.74) is 3.90. The van der Waals surface area contributed by atoms with Gasteiger partial charge >= 0.3 is 12.1 Å². The van der Waals surface area contributed by atoms with Crippen LogP contribution in [0.1, 0.15) is 40.7 Å². The monoisotopic (exact) mass is 538 g/mol. The lowest BCUT2D eigenvalue weighted by Crippen LogP contribution is -2.41. The molecule has 1 fully saturated rings. The van der Waals surface area contributed by atoms with Crippen LogP contribution in [-0.2, 0) is 23.0 Å². The number of fused-ring (bicyclic) bond motifs is 2. The van der Waals surface area contributed by atoms with Crippen LogP contribution in [0.25, 0.3) is 16.5 Å². The minimum Gasteiger partial charge on any atom is -0.468 e. The number of alkyl halides is 3. The molecule has 0 saturated carbocycles. The molecule has 1 saturated heterocycles. The molecule has 2 unspecified atom stereocenters. The number of carbonyl (C=O) groups is 2. The SMILES string of the molecule is COC(=O)C(C(=O)c1cn(C)c2ccccc12)C1=CC(C2CCN(CC(F)(F)F)CC2)CCc2ccccc21. The molecule has 8 heteroatoms. The second kappa shape index (κ2) is 11.0. The highest BCUT2D eigenvalue weighted by Crippen LogP contribution is 2.40. The second-order valence-corrected chi connectivity index (χ2v) is 10.7. The van der Waals surface area contributed by atoms with Crippen LogP contribution in [0, 0.1) is 17.8 Å². The third-order valence-corrected chi connectivity index (χ3v) is 8.28. The molecule has 0 bridgehead atoms. The van der Waals surface area contributed by atoms with Crippen LogP contribution < -0.4 is 0 Å². The molecule has 0 radical (unpaired) electrons. The van der Waals surface area contributed by atoms with Crippen molar-refractivity contribution in [2.45, 2.75) is 31.9 Å².